The SMILES string of the molecule is CO[C@@H](C(=O)Nc1nnc(N[C@@H]2CCN(c3ccc(C)nn3)C2)s1)c1cccc(N2CC(F)(F)C2)c1. The maximum Gasteiger partial charge on any atom is 0.282 e. The number of nitrogens with one attached hydrogen (secondary N) is 2. The van der Waals surface area contributed by atoms with Crippen LogP contribution >= 0.6 is 11.3 Å². The number of anilines is 4. The summed E-state index contributed by atoms with van der Waals surface area (Å²) in [5, 5.41) is 23.6. The predicted octanol–water partition coefficient (Wildman–Crippen LogP) is 3.11. The van der Waals surface area contributed by atoms with E-state index >= 15 is 0 Å². The number of rotatable bonds is 8. The van der Waals surface area contributed by atoms with E-state index in [0.29, 0.717) is 21.5 Å². The van der Waals surface area contributed by atoms with Crippen LogP contribution in [0.2, 0.25) is 0 Å². The zero-order valence-electron chi connectivity index (χ0n) is 19.8. The highest BCUT2D eigenvalue weighted by molar-refractivity contribution is 7.19. The van der Waals surface area contributed by atoms with Gasteiger partial charge in [-0.15, -0.1) is 15.3 Å². The lowest BCUT2D eigenvalue weighted by Crippen LogP contribution is -2.56. The first-order valence-corrected chi connectivity index (χ1v) is 12.3. The molecule has 4 heterocycles. The quantitative estimate of drug-likeness (QED) is 0.467. The fourth-order valence-electron chi connectivity index (χ4n) is 4.30. The largest absolute Gasteiger partial charge is 0.367 e. The van der Waals surface area contributed by atoms with Gasteiger partial charge in [0.1, 0.15) is 0 Å². The second kappa shape index (κ2) is 9.90. The molecule has 0 unspecified atom stereocenters. The van der Waals surface area contributed by atoms with Crippen LogP contribution in [0.4, 0.5) is 30.5 Å². The van der Waals surface area contributed by atoms with E-state index in [1.54, 1.807) is 29.2 Å². The minimum atomic E-state index is -2.68. The van der Waals surface area contributed by atoms with Crippen molar-refractivity contribution in [1.29, 1.82) is 0 Å². The van der Waals surface area contributed by atoms with Crippen molar-refractivity contribution >= 4 is 39.0 Å². The maximum absolute atomic E-state index is 13.3. The number of ether oxygens (including phenoxy) is 1. The predicted molar refractivity (Wildman–Crippen MR) is 133 cm³/mol. The summed E-state index contributed by atoms with van der Waals surface area (Å²) in [7, 11) is 1.42. The van der Waals surface area contributed by atoms with E-state index in [1.807, 2.05) is 19.1 Å². The Labute approximate surface area is 210 Å². The molecule has 13 heteroatoms. The van der Waals surface area contributed by atoms with Crippen molar-refractivity contribution in [2.75, 3.05) is 53.7 Å². The first kappa shape index (κ1) is 24.3. The molecular formula is C23H26F2N8O2S. The van der Waals surface area contributed by atoms with Crippen LogP contribution in [0, 0.1) is 6.92 Å². The molecule has 2 N–H and O–H groups in total. The summed E-state index contributed by atoms with van der Waals surface area (Å²) in [6, 6.07) is 10.9. The number of aryl methyl sites for hydroxylation is 1. The molecule has 5 rings (SSSR count). The summed E-state index contributed by atoms with van der Waals surface area (Å²) < 4.78 is 31.9. The van der Waals surface area contributed by atoms with Gasteiger partial charge in [-0.3, -0.25) is 10.1 Å². The molecule has 1 amide bonds. The molecule has 2 aliphatic rings. The standard InChI is InChI=1S/C23H26F2N8O2S/c1-14-6-7-18(29-28-14)32-9-8-16(11-32)26-21-30-31-22(36-21)27-20(34)19(35-2)15-4-3-5-17(10-15)33-12-23(24,25)13-33/h3-7,10,16,19H,8-9,11-13H2,1-2H3,(H,26,30)(H,27,31,34)/t16-,19-/m1/s1. The van der Waals surface area contributed by atoms with Gasteiger partial charge in [-0.1, -0.05) is 23.5 Å². The summed E-state index contributed by atoms with van der Waals surface area (Å²) in [5.74, 6) is -2.26. The van der Waals surface area contributed by atoms with Gasteiger partial charge in [0, 0.05) is 31.9 Å². The number of amides is 1. The number of halogens is 2. The van der Waals surface area contributed by atoms with E-state index in [9.17, 15) is 13.6 Å². The van der Waals surface area contributed by atoms with Crippen molar-refractivity contribution in [2.45, 2.75) is 31.4 Å². The summed E-state index contributed by atoms with van der Waals surface area (Å²) in [6.07, 6.45) is -0.0203. The van der Waals surface area contributed by atoms with Crippen molar-refractivity contribution < 1.29 is 18.3 Å². The van der Waals surface area contributed by atoms with Crippen molar-refractivity contribution in [3.05, 3.63) is 47.7 Å². The highest BCUT2D eigenvalue weighted by atomic mass is 32.1. The number of alkyl halides is 2. The lowest BCUT2D eigenvalue weighted by atomic mass is 10.0. The molecule has 0 spiro atoms. The van der Waals surface area contributed by atoms with Gasteiger partial charge in [-0.25, -0.2) is 8.78 Å². The molecule has 2 aromatic heterocycles. The van der Waals surface area contributed by atoms with Crippen molar-refractivity contribution in [3.63, 3.8) is 0 Å². The minimum absolute atomic E-state index is 0.160. The van der Waals surface area contributed by atoms with Crippen molar-refractivity contribution in [2.24, 2.45) is 0 Å². The summed E-state index contributed by atoms with van der Waals surface area (Å²) in [4.78, 5) is 16.6. The molecule has 36 heavy (non-hydrogen) atoms. The van der Waals surface area contributed by atoms with Crippen LogP contribution in [-0.4, -0.2) is 71.6 Å². The Hall–Kier alpha value is -3.45. The second-order valence-electron chi connectivity index (χ2n) is 8.93. The highest BCUT2D eigenvalue weighted by Crippen LogP contribution is 2.33. The molecule has 2 saturated heterocycles. The molecule has 2 fully saturated rings. The fraction of sp³-hybridized carbons (Fsp3) is 0.435. The third kappa shape index (κ3) is 5.36. The van der Waals surface area contributed by atoms with Gasteiger partial charge in [-0.2, -0.15) is 5.10 Å². The van der Waals surface area contributed by atoms with E-state index in [-0.39, 0.29) is 19.1 Å². The van der Waals surface area contributed by atoms with E-state index in [0.717, 1.165) is 31.0 Å². The first-order valence-electron chi connectivity index (χ1n) is 11.5. The maximum atomic E-state index is 13.3. The monoisotopic (exact) mass is 516 g/mol. The second-order valence-corrected chi connectivity index (χ2v) is 9.91. The van der Waals surface area contributed by atoms with Crippen molar-refractivity contribution in [3.8, 4) is 0 Å². The van der Waals surface area contributed by atoms with Gasteiger partial charge in [0.05, 0.1) is 18.8 Å². The van der Waals surface area contributed by atoms with Gasteiger partial charge < -0.3 is 19.9 Å². The number of aromatic nitrogens is 4. The lowest BCUT2D eigenvalue weighted by Gasteiger charge is -2.40. The summed E-state index contributed by atoms with van der Waals surface area (Å²) >= 11 is 1.23. The highest BCUT2D eigenvalue weighted by Gasteiger charge is 2.44. The molecule has 0 radical (unpaired) electrons. The Balaban J connectivity index is 1.17. The van der Waals surface area contributed by atoms with Crippen LogP contribution in [0.3, 0.4) is 0 Å². The molecular weight excluding hydrogens is 490 g/mol. The normalized spacial score (nSPS) is 19.6. The first-order chi connectivity index (χ1) is 17.3. The van der Waals surface area contributed by atoms with Crippen LogP contribution in [0.5, 0.6) is 0 Å². The molecule has 10 nitrogen and oxygen atoms in total. The zero-order valence-corrected chi connectivity index (χ0v) is 20.6. The fourth-order valence-corrected chi connectivity index (χ4v) is 5.02. The van der Waals surface area contributed by atoms with Crippen LogP contribution < -0.4 is 20.4 Å². The Morgan fingerprint density at radius 2 is 1.94 bits per heavy atom. The Morgan fingerprint density at radius 3 is 2.67 bits per heavy atom. The molecule has 1 aromatic carbocycles. The Bertz CT molecular complexity index is 1220. The van der Waals surface area contributed by atoms with Gasteiger partial charge >= 0.3 is 0 Å². The molecule has 0 bridgehead atoms. The van der Waals surface area contributed by atoms with E-state index in [4.69, 9.17) is 4.74 Å². The number of hydrogen-bond donors (Lipinski definition) is 2. The Kier molecular flexibility index (Phi) is 6.67. The van der Waals surface area contributed by atoms with Gasteiger partial charge in [0.15, 0.2) is 11.9 Å². The van der Waals surface area contributed by atoms with Crippen molar-refractivity contribution in [1.82, 2.24) is 20.4 Å². The minimum Gasteiger partial charge on any atom is -0.367 e. The summed E-state index contributed by atoms with van der Waals surface area (Å²) in [5.41, 5.74) is 2.06. The molecule has 0 saturated carbocycles. The Morgan fingerprint density at radius 1 is 1.14 bits per heavy atom. The molecule has 3 aromatic rings. The number of benzene rings is 1. The summed E-state index contributed by atoms with van der Waals surface area (Å²) in [6.45, 7) is 2.83. The number of nitrogens with zero attached hydrogens (tertiary/aromatic N) is 6. The number of methoxy groups -OCH3 is 1. The lowest BCUT2D eigenvalue weighted by molar-refractivity contribution is -0.126. The van der Waals surface area contributed by atoms with E-state index < -0.39 is 17.9 Å². The topological polar surface area (TPSA) is 108 Å². The van der Waals surface area contributed by atoms with Crippen LogP contribution in [0.1, 0.15) is 23.8 Å². The van der Waals surface area contributed by atoms with Gasteiger partial charge in [0.25, 0.3) is 11.8 Å². The van der Waals surface area contributed by atoms with Gasteiger partial charge in [-0.05, 0) is 43.2 Å². The third-order valence-electron chi connectivity index (χ3n) is 6.14. The third-order valence-corrected chi connectivity index (χ3v) is 6.91. The molecule has 190 valence electrons. The number of hydrogen-bond acceptors (Lipinski definition) is 10. The zero-order chi connectivity index (χ0) is 25.3. The van der Waals surface area contributed by atoms with E-state index in [1.165, 1.54) is 18.4 Å². The van der Waals surface area contributed by atoms with Crippen LogP contribution in [-0.2, 0) is 9.53 Å². The molecule has 0 aliphatic carbocycles. The average Bonchev–Trinajstić information content (AvgIpc) is 3.48. The van der Waals surface area contributed by atoms with Gasteiger partial charge in [0.2, 0.25) is 10.3 Å². The average molecular weight is 517 g/mol. The van der Waals surface area contributed by atoms with Crippen LogP contribution in [0.15, 0.2) is 36.4 Å². The van der Waals surface area contributed by atoms with Crippen LogP contribution in [0.25, 0.3) is 0 Å². The molecule has 2 atom stereocenters. The number of carbonyl (C=O) groups is 1. The van der Waals surface area contributed by atoms with E-state index in [2.05, 4.69) is 35.9 Å². The molecule has 2 aliphatic heterocycles. The number of carbonyl (C=O) groups excluding carboxylic acids is 1. The smallest absolute Gasteiger partial charge is 0.282 e.